The molecule has 0 radical (unpaired) electrons. The summed E-state index contributed by atoms with van der Waals surface area (Å²) in [5.74, 6) is 0.940. The molecule has 0 bridgehead atoms. The molecule has 26 heavy (non-hydrogen) atoms. The molecule has 6 nitrogen and oxygen atoms in total. The SMILES string of the molecule is CCN1CCN(c2cccc(OC)c2)CC1.S=c1[nH]nc2ccccn12. The Morgan fingerprint density at radius 2 is 1.92 bits per heavy atom. The van der Waals surface area contributed by atoms with Crippen molar-refractivity contribution in [3.8, 4) is 5.75 Å². The number of nitrogens with zero attached hydrogens (tertiary/aromatic N) is 4. The maximum atomic E-state index is 5.25. The van der Waals surface area contributed by atoms with E-state index < -0.39 is 0 Å². The zero-order valence-corrected chi connectivity index (χ0v) is 16.1. The van der Waals surface area contributed by atoms with Gasteiger partial charge in [-0.25, -0.2) is 0 Å². The largest absolute Gasteiger partial charge is 0.497 e. The van der Waals surface area contributed by atoms with Crippen LogP contribution in [0.5, 0.6) is 5.75 Å². The Bertz CT molecular complexity index is 883. The van der Waals surface area contributed by atoms with E-state index >= 15 is 0 Å². The first-order valence-corrected chi connectivity index (χ1v) is 9.25. The smallest absolute Gasteiger partial charge is 0.199 e. The topological polar surface area (TPSA) is 48.8 Å². The van der Waals surface area contributed by atoms with E-state index in [1.807, 2.05) is 34.9 Å². The molecule has 7 heteroatoms. The van der Waals surface area contributed by atoms with Crippen LogP contribution in [-0.2, 0) is 0 Å². The second-order valence-corrected chi connectivity index (χ2v) is 6.47. The number of nitrogens with one attached hydrogen (secondary N) is 1. The number of piperazine rings is 1. The van der Waals surface area contributed by atoms with Crippen molar-refractivity contribution in [3.05, 3.63) is 53.4 Å². The molecule has 138 valence electrons. The van der Waals surface area contributed by atoms with Gasteiger partial charge in [0.05, 0.1) is 7.11 Å². The summed E-state index contributed by atoms with van der Waals surface area (Å²) in [7, 11) is 1.72. The number of fused-ring (bicyclic) bond motifs is 1. The molecule has 1 aromatic carbocycles. The number of benzene rings is 1. The fraction of sp³-hybridized carbons (Fsp3) is 0.368. The van der Waals surface area contributed by atoms with Crippen molar-refractivity contribution in [2.24, 2.45) is 0 Å². The molecule has 0 aliphatic carbocycles. The van der Waals surface area contributed by atoms with Gasteiger partial charge in [-0.05, 0) is 43.0 Å². The van der Waals surface area contributed by atoms with Gasteiger partial charge in [-0.3, -0.25) is 9.50 Å². The number of methoxy groups -OCH3 is 1. The Morgan fingerprint density at radius 1 is 1.12 bits per heavy atom. The van der Waals surface area contributed by atoms with E-state index in [0.717, 1.165) is 44.1 Å². The molecular formula is C19H25N5OS. The third-order valence-electron chi connectivity index (χ3n) is 4.56. The van der Waals surface area contributed by atoms with Gasteiger partial charge in [0.25, 0.3) is 0 Å². The van der Waals surface area contributed by atoms with Gasteiger partial charge in [0.2, 0.25) is 0 Å². The van der Waals surface area contributed by atoms with Crippen LogP contribution in [-0.4, -0.2) is 59.3 Å². The summed E-state index contributed by atoms with van der Waals surface area (Å²) in [6.45, 7) is 7.93. The minimum absolute atomic E-state index is 0.635. The van der Waals surface area contributed by atoms with Gasteiger partial charge in [-0.15, -0.1) is 0 Å². The average Bonchev–Trinajstić information content (AvgIpc) is 3.10. The monoisotopic (exact) mass is 371 g/mol. The van der Waals surface area contributed by atoms with Gasteiger partial charge in [-0.2, -0.15) is 5.10 Å². The van der Waals surface area contributed by atoms with Crippen molar-refractivity contribution in [2.75, 3.05) is 44.7 Å². The molecule has 2 aromatic heterocycles. The maximum absolute atomic E-state index is 5.25. The minimum atomic E-state index is 0.635. The summed E-state index contributed by atoms with van der Waals surface area (Å²) < 4.78 is 7.70. The predicted molar refractivity (Wildman–Crippen MR) is 108 cm³/mol. The molecule has 4 rings (SSSR count). The Morgan fingerprint density at radius 3 is 2.62 bits per heavy atom. The lowest BCUT2D eigenvalue weighted by molar-refractivity contribution is 0.271. The standard InChI is InChI=1S/C13H20N2O.C6H5N3S/c1-3-14-7-9-15(10-8-14)12-5-4-6-13(11-12)16-2;10-6-8-7-5-3-1-2-4-9(5)6/h4-6,11H,3,7-10H2,1-2H3;1-4H,(H,8,10). The van der Waals surface area contributed by atoms with Crippen molar-refractivity contribution in [2.45, 2.75) is 6.92 Å². The van der Waals surface area contributed by atoms with E-state index in [-0.39, 0.29) is 0 Å². The van der Waals surface area contributed by atoms with Crippen molar-refractivity contribution in [1.82, 2.24) is 19.5 Å². The highest BCUT2D eigenvalue weighted by Gasteiger charge is 2.15. The van der Waals surface area contributed by atoms with E-state index in [9.17, 15) is 0 Å². The first-order valence-electron chi connectivity index (χ1n) is 8.84. The van der Waals surface area contributed by atoms with Gasteiger partial charge in [0.15, 0.2) is 10.4 Å². The number of pyridine rings is 1. The molecule has 1 N–H and O–H groups in total. The van der Waals surface area contributed by atoms with Crippen LogP contribution >= 0.6 is 12.2 Å². The zero-order valence-electron chi connectivity index (χ0n) is 15.3. The van der Waals surface area contributed by atoms with Crippen LogP contribution in [0, 0.1) is 4.77 Å². The summed E-state index contributed by atoms with van der Waals surface area (Å²) in [4.78, 5) is 4.91. The minimum Gasteiger partial charge on any atom is -0.497 e. The lowest BCUT2D eigenvalue weighted by atomic mass is 10.2. The lowest BCUT2D eigenvalue weighted by Crippen LogP contribution is -2.46. The van der Waals surface area contributed by atoms with Crippen LogP contribution in [0.1, 0.15) is 6.92 Å². The maximum Gasteiger partial charge on any atom is 0.199 e. The van der Waals surface area contributed by atoms with E-state index in [4.69, 9.17) is 17.0 Å². The first-order chi connectivity index (χ1) is 12.7. The van der Waals surface area contributed by atoms with Gasteiger partial charge in [-0.1, -0.05) is 19.1 Å². The number of hydrogen-bond acceptors (Lipinski definition) is 5. The molecule has 1 aliphatic heterocycles. The van der Waals surface area contributed by atoms with Crippen LogP contribution < -0.4 is 9.64 Å². The van der Waals surface area contributed by atoms with Gasteiger partial charge in [0, 0.05) is 44.1 Å². The number of aromatic nitrogens is 3. The number of ether oxygens (including phenoxy) is 1. The molecular weight excluding hydrogens is 346 g/mol. The van der Waals surface area contributed by atoms with Crippen LogP contribution in [0.3, 0.4) is 0 Å². The Labute approximate surface area is 159 Å². The number of aromatic amines is 1. The van der Waals surface area contributed by atoms with E-state index in [1.165, 1.54) is 5.69 Å². The van der Waals surface area contributed by atoms with Crippen molar-refractivity contribution < 1.29 is 4.74 Å². The predicted octanol–water partition coefficient (Wildman–Crippen LogP) is 3.23. The second-order valence-electron chi connectivity index (χ2n) is 6.08. The van der Waals surface area contributed by atoms with Crippen LogP contribution in [0.15, 0.2) is 48.7 Å². The highest BCUT2D eigenvalue weighted by molar-refractivity contribution is 7.71. The fourth-order valence-electron chi connectivity index (χ4n) is 2.99. The number of H-pyrrole nitrogens is 1. The molecule has 3 aromatic rings. The van der Waals surface area contributed by atoms with Gasteiger partial charge in [0.1, 0.15) is 5.75 Å². The highest BCUT2D eigenvalue weighted by atomic mass is 32.1. The Balaban J connectivity index is 0.000000167. The van der Waals surface area contributed by atoms with Crippen molar-refractivity contribution >= 4 is 23.6 Å². The third kappa shape index (κ3) is 4.42. The molecule has 0 unspecified atom stereocenters. The van der Waals surface area contributed by atoms with E-state index in [0.29, 0.717) is 4.77 Å². The second kappa shape index (κ2) is 8.82. The van der Waals surface area contributed by atoms with Gasteiger partial charge < -0.3 is 14.5 Å². The molecule has 1 aliphatic rings. The van der Waals surface area contributed by atoms with E-state index in [1.54, 1.807) is 7.11 Å². The summed E-state index contributed by atoms with van der Waals surface area (Å²) >= 11 is 4.93. The first kappa shape index (κ1) is 18.4. The van der Waals surface area contributed by atoms with Crippen molar-refractivity contribution in [1.29, 1.82) is 0 Å². The molecule has 1 fully saturated rings. The molecule has 0 atom stereocenters. The molecule has 0 spiro atoms. The summed E-state index contributed by atoms with van der Waals surface area (Å²) in [5.41, 5.74) is 2.13. The summed E-state index contributed by atoms with van der Waals surface area (Å²) in [6.07, 6.45) is 1.88. The number of rotatable bonds is 3. The molecule has 0 saturated carbocycles. The number of anilines is 1. The Kier molecular flexibility index (Phi) is 6.25. The van der Waals surface area contributed by atoms with E-state index in [2.05, 4.69) is 45.1 Å². The van der Waals surface area contributed by atoms with Crippen LogP contribution in [0.4, 0.5) is 5.69 Å². The summed E-state index contributed by atoms with van der Waals surface area (Å²) in [5, 5.41) is 6.66. The number of likely N-dealkylation sites (N-methyl/N-ethyl adjacent to an activating group) is 1. The quantitative estimate of drug-likeness (QED) is 0.717. The van der Waals surface area contributed by atoms with Crippen LogP contribution in [0.2, 0.25) is 0 Å². The highest BCUT2D eigenvalue weighted by Crippen LogP contribution is 2.21. The zero-order chi connectivity index (χ0) is 18.4. The van der Waals surface area contributed by atoms with Crippen LogP contribution in [0.25, 0.3) is 5.65 Å². The molecule has 0 amide bonds. The lowest BCUT2D eigenvalue weighted by Gasteiger charge is -2.35. The summed E-state index contributed by atoms with van der Waals surface area (Å²) in [6, 6.07) is 14.0. The number of hydrogen-bond donors (Lipinski definition) is 1. The third-order valence-corrected chi connectivity index (χ3v) is 4.85. The molecule has 3 heterocycles. The fourth-order valence-corrected chi connectivity index (χ4v) is 3.19. The van der Waals surface area contributed by atoms with Gasteiger partial charge >= 0.3 is 0 Å². The normalized spacial score (nSPS) is 14.8. The molecule has 1 saturated heterocycles. The Hall–Kier alpha value is -2.38. The average molecular weight is 372 g/mol. The van der Waals surface area contributed by atoms with Crippen molar-refractivity contribution in [3.63, 3.8) is 0 Å².